The molecule has 2 heteroatoms. The van der Waals surface area contributed by atoms with Crippen molar-refractivity contribution in [3.63, 3.8) is 0 Å². The van der Waals surface area contributed by atoms with Gasteiger partial charge in [0, 0.05) is 18.7 Å². The number of carbonyl (C=O) groups is 1. The third kappa shape index (κ3) is 2.89. The van der Waals surface area contributed by atoms with E-state index in [1.165, 1.54) is 5.56 Å². The SMILES string of the molecule is C/C(=C1/CCN(Cc2ccccc2)C1=O)c1ccccc1. The predicted molar refractivity (Wildman–Crippen MR) is 85.5 cm³/mol. The van der Waals surface area contributed by atoms with E-state index in [2.05, 4.69) is 31.2 Å². The van der Waals surface area contributed by atoms with Crippen LogP contribution in [0.3, 0.4) is 0 Å². The van der Waals surface area contributed by atoms with E-state index < -0.39 is 0 Å². The first-order valence-electron chi connectivity index (χ1n) is 7.34. The van der Waals surface area contributed by atoms with Gasteiger partial charge in [0.15, 0.2) is 0 Å². The standard InChI is InChI=1S/C19H19NO/c1-15(17-10-6-3-7-11-17)18-12-13-20(19(18)21)14-16-8-4-2-5-9-16/h2-11H,12-14H2,1H3/b18-15+. The minimum atomic E-state index is 0.181. The summed E-state index contributed by atoms with van der Waals surface area (Å²) in [5, 5.41) is 0. The van der Waals surface area contributed by atoms with Crippen LogP contribution in [-0.2, 0) is 11.3 Å². The van der Waals surface area contributed by atoms with E-state index >= 15 is 0 Å². The van der Waals surface area contributed by atoms with E-state index in [0.717, 1.165) is 29.7 Å². The summed E-state index contributed by atoms with van der Waals surface area (Å²) in [5.41, 5.74) is 4.39. The average molecular weight is 277 g/mol. The molecule has 0 aromatic heterocycles. The van der Waals surface area contributed by atoms with Gasteiger partial charge in [0.2, 0.25) is 5.91 Å². The third-order valence-electron chi connectivity index (χ3n) is 4.05. The van der Waals surface area contributed by atoms with E-state index in [-0.39, 0.29) is 5.91 Å². The number of benzene rings is 2. The number of hydrogen-bond donors (Lipinski definition) is 0. The van der Waals surface area contributed by atoms with Gasteiger partial charge in [-0.2, -0.15) is 0 Å². The van der Waals surface area contributed by atoms with Crippen molar-refractivity contribution in [2.75, 3.05) is 6.54 Å². The first-order valence-corrected chi connectivity index (χ1v) is 7.34. The van der Waals surface area contributed by atoms with Crippen LogP contribution < -0.4 is 0 Å². The highest BCUT2D eigenvalue weighted by Gasteiger charge is 2.27. The van der Waals surface area contributed by atoms with Gasteiger partial charge in [0.25, 0.3) is 0 Å². The number of hydrogen-bond acceptors (Lipinski definition) is 1. The number of carbonyl (C=O) groups excluding carboxylic acids is 1. The molecule has 0 radical (unpaired) electrons. The zero-order chi connectivity index (χ0) is 14.7. The molecule has 3 rings (SSSR count). The maximum absolute atomic E-state index is 12.6. The van der Waals surface area contributed by atoms with Gasteiger partial charge in [-0.3, -0.25) is 4.79 Å². The van der Waals surface area contributed by atoms with E-state index in [1.54, 1.807) is 0 Å². The second-order valence-electron chi connectivity index (χ2n) is 5.43. The Balaban J connectivity index is 1.80. The molecule has 2 aromatic carbocycles. The second-order valence-corrected chi connectivity index (χ2v) is 5.43. The molecule has 2 nitrogen and oxygen atoms in total. The van der Waals surface area contributed by atoms with Gasteiger partial charge in [0.05, 0.1) is 0 Å². The van der Waals surface area contributed by atoms with Gasteiger partial charge in [-0.05, 0) is 30.0 Å². The molecule has 0 aliphatic carbocycles. The number of rotatable bonds is 3. The maximum atomic E-state index is 12.6. The monoisotopic (exact) mass is 277 g/mol. The minimum absolute atomic E-state index is 0.181. The number of likely N-dealkylation sites (tertiary alicyclic amines) is 1. The Labute approximate surface area is 125 Å². The van der Waals surface area contributed by atoms with Crippen molar-refractivity contribution in [3.8, 4) is 0 Å². The highest BCUT2D eigenvalue weighted by molar-refractivity contribution is 6.02. The third-order valence-corrected chi connectivity index (χ3v) is 4.05. The Kier molecular flexibility index (Phi) is 3.87. The summed E-state index contributed by atoms with van der Waals surface area (Å²) >= 11 is 0. The Hall–Kier alpha value is -2.35. The van der Waals surface area contributed by atoms with Crippen molar-refractivity contribution in [2.45, 2.75) is 19.9 Å². The number of allylic oxidation sites excluding steroid dienone is 1. The zero-order valence-electron chi connectivity index (χ0n) is 12.3. The summed E-state index contributed by atoms with van der Waals surface area (Å²) in [6.07, 6.45) is 0.840. The fourth-order valence-electron chi connectivity index (χ4n) is 2.81. The van der Waals surface area contributed by atoms with Crippen LogP contribution >= 0.6 is 0 Å². The van der Waals surface area contributed by atoms with E-state index in [4.69, 9.17) is 0 Å². The van der Waals surface area contributed by atoms with Crippen LogP contribution in [0, 0.1) is 0 Å². The lowest BCUT2D eigenvalue weighted by atomic mass is 10.0. The fourth-order valence-corrected chi connectivity index (χ4v) is 2.81. The average Bonchev–Trinajstić information content (AvgIpc) is 2.89. The molecule has 0 bridgehead atoms. The highest BCUT2D eigenvalue weighted by atomic mass is 16.2. The van der Waals surface area contributed by atoms with Crippen molar-refractivity contribution in [1.82, 2.24) is 4.90 Å². The number of amides is 1. The maximum Gasteiger partial charge on any atom is 0.250 e. The van der Waals surface area contributed by atoms with Gasteiger partial charge >= 0.3 is 0 Å². The van der Waals surface area contributed by atoms with Crippen molar-refractivity contribution < 1.29 is 4.79 Å². The Morgan fingerprint density at radius 2 is 1.62 bits per heavy atom. The molecule has 1 heterocycles. The highest BCUT2D eigenvalue weighted by Crippen LogP contribution is 2.27. The normalized spacial score (nSPS) is 17.2. The molecule has 1 aliphatic rings. The fraction of sp³-hybridized carbons (Fsp3) is 0.211. The quantitative estimate of drug-likeness (QED) is 0.779. The lowest BCUT2D eigenvalue weighted by Gasteiger charge is -2.15. The molecule has 21 heavy (non-hydrogen) atoms. The molecule has 1 aliphatic heterocycles. The second kappa shape index (κ2) is 5.96. The first kappa shape index (κ1) is 13.6. The van der Waals surface area contributed by atoms with Gasteiger partial charge in [-0.15, -0.1) is 0 Å². The smallest absolute Gasteiger partial charge is 0.250 e. The molecule has 106 valence electrons. The zero-order valence-corrected chi connectivity index (χ0v) is 12.3. The topological polar surface area (TPSA) is 20.3 Å². The van der Waals surface area contributed by atoms with Crippen LogP contribution in [0.2, 0.25) is 0 Å². The summed E-state index contributed by atoms with van der Waals surface area (Å²) in [6, 6.07) is 20.3. The Morgan fingerprint density at radius 3 is 2.29 bits per heavy atom. The van der Waals surface area contributed by atoms with Crippen LogP contribution in [0.4, 0.5) is 0 Å². The molecule has 1 fully saturated rings. The molecule has 0 saturated carbocycles. The molecular formula is C19H19NO. The van der Waals surface area contributed by atoms with Crippen LogP contribution in [-0.4, -0.2) is 17.4 Å². The van der Waals surface area contributed by atoms with Crippen molar-refractivity contribution in [3.05, 3.63) is 77.4 Å². The molecule has 1 saturated heterocycles. The molecule has 0 N–H and O–H groups in total. The molecule has 1 amide bonds. The predicted octanol–water partition coefficient (Wildman–Crippen LogP) is 3.89. The Bertz CT molecular complexity index is 658. The molecular weight excluding hydrogens is 258 g/mol. The lowest BCUT2D eigenvalue weighted by molar-refractivity contribution is -0.125. The molecule has 0 atom stereocenters. The van der Waals surface area contributed by atoms with Gasteiger partial charge in [-0.25, -0.2) is 0 Å². The van der Waals surface area contributed by atoms with Crippen molar-refractivity contribution >= 4 is 11.5 Å². The Morgan fingerprint density at radius 1 is 1.00 bits per heavy atom. The summed E-state index contributed by atoms with van der Waals surface area (Å²) < 4.78 is 0. The first-order chi connectivity index (χ1) is 10.3. The van der Waals surface area contributed by atoms with E-state index in [0.29, 0.717) is 6.54 Å². The van der Waals surface area contributed by atoms with Crippen LogP contribution in [0.25, 0.3) is 5.57 Å². The van der Waals surface area contributed by atoms with Gasteiger partial charge in [0.1, 0.15) is 0 Å². The number of nitrogens with zero attached hydrogens (tertiary/aromatic N) is 1. The van der Waals surface area contributed by atoms with Gasteiger partial charge < -0.3 is 4.90 Å². The summed E-state index contributed by atoms with van der Waals surface area (Å²) in [7, 11) is 0. The summed E-state index contributed by atoms with van der Waals surface area (Å²) in [5.74, 6) is 0.181. The molecule has 0 spiro atoms. The molecule has 0 unspecified atom stereocenters. The van der Waals surface area contributed by atoms with E-state index in [9.17, 15) is 4.79 Å². The van der Waals surface area contributed by atoms with Gasteiger partial charge in [-0.1, -0.05) is 60.7 Å². The van der Waals surface area contributed by atoms with Crippen LogP contribution in [0.1, 0.15) is 24.5 Å². The molecule has 2 aromatic rings. The lowest BCUT2D eigenvalue weighted by Crippen LogP contribution is -2.24. The van der Waals surface area contributed by atoms with Crippen molar-refractivity contribution in [2.24, 2.45) is 0 Å². The largest absolute Gasteiger partial charge is 0.334 e. The van der Waals surface area contributed by atoms with Crippen LogP contribution in [0.5, 0.6) is 0 Å². The van der Waals surface area contributed by atoms with Crippen LogP contribution in [0.15, 0.2) is 66.2 Å². The van der Waals surface area contributed by atoms with Crippen molar-refractivity contribution in [1.29, 1.82) is 0 Å². The minimum Gasteiger partial charge on any atom is -0.334 e. The summed E-state index contributed by atoms with van der Waals surface area (Å²) in [6.45, 7) is 3.56. The van der Waals surface area contributed by atoms with E-state index in [1.807, 2.05) is 41.3 Å². The summed E-state index contributed by atoms with van der Waals surface area (Å²) in [4.78, 5) is 14.5.